The molecule has 22 heavy (non-hydrogen) atoms. The number of guanidine groups is 1. The molecule has 1 heterocycles. The van der Waals surface area contributed by atoms with E-state index in [0.29, 0.717) is 0 Å². The number of sulfonamides is 1. The van der Waals surface area contributed by atoms with Gasteiger partial charge in [0.05, 0.1) is 4.90 Å². The predicted octanol–water partition coefficient (Wildman–Crippen LogP) is 1.10. The van der Waals surface area contributed by atoms with Gasteiger partial charge in [-0.3, -0.25) is 10.7 Å². The van der Waals surface area contributed by atoms with Gasteiger partial charge in [0.15, 0.2) is 6.19 Å². The largest absolute Gasteiger partial charge is 0.287 e. The third kappa shape index (κ3) is 4.44. The third-order valence-electron chi connectivity index (χ3n) is 3.32. The maximum atomic E-state index is 12.3. The summed E-state index contributed by atoms with van der Waals surface area (Å²) in [6.07, 6.45) is 4.91. The lowest BCUT2D eigenvalue weighted by atomic mass is 10.2. The van der Waals surface area contributed by atoms with Crippen molar-refractivity contribution in [3.05, 3.63) is 29.8 Å². The molecule has 0 aromatic heterocycles. The van der Waals surface area contributed by atoms with Crippen LogP contribution >= 0.6 is 0 Å². The molecule has 0 amide bonds. The van der Waals surface area contributed by atoms with Gasteiger partial charge in [-0.05, 0) is 31.9 Å². The summed E-state index contributed by atoms with van der Waals surface area (Å²) >= 11 is 0. The quantitative estimate of drug-likeness (QED) is 0.374. The highest BCUT2D eigenvalue weighted by molar-refractivity contribution is 7.90. The zero-order chi connectivity index (χ0) is 16.0. The van der Waals surface area contributed by atoms with E-state index in [1.54, 1.807) is 18.3 Å². The summed E-state index contributed by atoms with van der Waals surface area (Å²) in [5, 5.41) is 12.9. The molecular weight excluding hydrogens is 302 g/mol. The van der Waals surface area contributed by atoms with Crippen LogP contribution in [0.1, 0.15) is 24.8 Å². The molecule has 0 unspecified atom stereocenters. The van der Waals surface area contributed by atoms with Gasteiger partial charge in [0.1, 0.15) is 0 Å². The van der Waals surface area contributed by atoms with Crippen LogP contribution in [-0.2, 0) is 10.0 Å². The summed E-state index contributed by atoms with van der Waals surface area (Å²) in [5.74, 6) is -0.0787. The second kappa shape index (κ2) is 7.24. The van der Waals surface area contributed by atoms with E-state index in [1.165, 1.54) is 12.1 Å². The minimum Gasteiger partial charge on any atom is -0.287 e. The van der Waals surface area contributed by atoms with Crippen LogP contribution in [-0.4, -0.2) is 32.5 Å². The maximum absolute atomic E-state index is 12.3. The number of nitrogens with zero attached hydrogens (tertiary/aromatic N) is 3. The lowest BCUT2D eigenvalue weighted by Gasteiger charge is -2.27. The van der Waals surface area contributed by atoms with Crippen molar-refractivity contribution in [1.29, 1.82) is 5.26 Å². The van der Waals surface area contributed by atoms with Crippen molar-refractivity contribution in [2.75, 3.05) is 13.1 Å². The second-order valence-corrected chi connectivity index (χ2v) is 6.73. The van der Waals surface area contributed by atoms with Gasteiger partial charge in [-0.2, -0.15) is 13.7 Å². The molecule has 2 N–H and O–H groups in total. The number of aryl methyl sites for hydroxylation is 1. The van der Waals surface area contributed by atoms with E-state index in [-0.39, 0.29) is 10.9 Å². The van der Waals surface area contributed by atoms with Crippen LogP contribution in [0.3, 0.4) is 0 Å². The minimum atomic E-state index is -3.86. The van der Waals surface area contributed by atoms with Crippen LogP contribution < -0.4 is 10.7 Å². The fourth-order valence-electron chi connectivity index (χ4n) is 2.16. The van der Waals surface area contributed by atoms with Gasteiger partial charge >= 0.3 is 0 Å². The highest BCUT2D eigenvalue weighted by Crippen LogP contribution is 2.13. The van der Waals surface area contributed by atoms with E-state index in [0.717, 1.165) is 37.9 Å². The Morgan fingerprint density at radius 2 is 1.86 bits per heavy atom. The molecule has 1 fully saturated rings. The van der Waals surface area contributed by atoms with Gasteiger partial charge in [-0.25, -0.2) is 5.01 Å². The normalized spacial score (nSPS) is 16.8. The lowest BCUT2D eigenvalue weighted by Crippen LogP contribution is -2.49. The molecule has 7 nitrogen and oxygen atoms in total. The first kappa shape index (κ1) is 16.3. The predicted molar refractivity (Wildman–Crippen MR) is 83.1 cm³/mol. The van der Waals surface area contributed by atoms with Crippen molar-refractivity contribution >= 4 is 16.0 Å². The third-order valence-corrected chi connectivity index (χ3v) is 4.62. The molecule has 1 aromatic rings. The van der Waals surface area contributed by atoms with Crippen LogP contribution in [0.4, 0.5) is 0 Å². The van der Waals surface area contributed by atoms with Gasteiger partial charge in [0, 0.05) is 13.1 Å². The average molecular weight is 321 g/mol. The SMILES string of the molecule is Cc1ccc(S(=O)(=O)/N=C(\NC#N)NN2CCCCC2)cc1. The van der Waals surface area contributed by atoms with Gasteiger partial charge in [-0.15, -0.1) is 4.40 Å². The van der Waals surface area contributed by atoms with Gasteiger partial charge < -0.3 is 0 Å². The number of hydrogen-bond donors (Lipinski definition) is 2. The van der Waals surface area contributed by atoms with Crippen molar-refractivity contribution in [3.63, 3.8) is 0 Å². The Hall–Kier alpha value is -2.11. The van der Waals surface area contributed by atoms with E-state index in [9.17, 15) is 8.42 Å². The smallest absolute Gasteiger partial charge is 0.285 e. The van der Waals surface area contributed by atoms with Crippen LogP contribution in [0.2, 0.25) is 0 Å². The number of piperidine rings is 1. The number of hydrazine groups is 1. The Kier molecular flexibility index (Phi) is 5.35. The van der Waals surface area contributed by atoms with Gasteiger partial charge in [-0.1, -0.05) is 24.1 Å². The molecule has 1 saturated heterocycles. The highest BCUT2D eigenvalue weighted by Gasteiger charge is 2.17. The number of hydrogen-bond acceptors (Lipinski definition) is 4. The highest BCUT2D eigenvalue weighted by atomic mass is 32.2. The van der Waals surface area contributed by atoms with E-state index in [2.05, 4.69) is 15.1 Å². The van der Waals surface area contributed by atoms with Gasteiger partial charge in [0.2, 0.25) is 5.96 Å². The zero-order valence-electron chi connectivity index (χ0n) is 12.4. The van der Waals surface area contributed by atoms with E-state index in [4.69, 9.17) is 5.26 Å². The molecule has 0 saturated carbocycles. The number of rotatable bonds is 3. The topological polar surface area (TPSA) is 97.6 Å². The summed E-state index contributed by atoms with van der Waals surface area (Å²) in [7, 11) is -3.86. The summed E-state index contributed by atoms with van der Waals surface area (Å²) in [6.45, 7) is 3.45. The summed E-state index contributed by atoms with van der Waals surface area (Å²) in [4.78, 5) is 0.0933. The standard InChI is InChI=1S/C14H19N5O2S/c1-12-5-7-13(8-6-12)22(20,21)18-14(16-11-15)17-19-9-3-2-4-10-19/h5-8H,2-4,9-10H2,1H3,(H2,16,17,18). The van der Waals surface area contributed by atoms with E-state index in [1.807, 2.05) is 11.9 Å². The fraction of sp³-hybridized carbons (Fsp3) is 0.429. The lowest BCUT2D eigenvalue weighted by molar-refractivity contribution is 0.193. The minimum absolute atomic E-state index is 0.0787. The van der Waals surface area contributed by atoms with Gasteiger partial charge in [0.25, 0.3) is 10.0 Å². The summed E-state index contributed by atoms with van der Waals surface area (Å²) < 4.78 is 28.2. The van der Waals surface area contributed by atoms with Crippen molar-refractivity contribution < 1.29 is 8.42 Å². The molecule has 8 heteroatoms. The Labute approximate surface area is 130 Å². The van der Waals surface area contributed by atoms with E-state index >= 15 is 0 Å². The Morgan fingerprint density at radius 3 is 2.45 bits per heavy atom. The van der Waals surface area contributed by atoms with Crippen molar-refractivity contribution in [1.82, 2.24) is 15.8 Å². The fourth-order valence-corrected chi connectivity index (χ4v) is 3.07. The monoisotopic (exact) mass is 321 g/mol. The molecule has 1 aliphatic rings. The molecule has 1 aromatic carbocycles. The molecule has 1 aliphatic heterocycles. The van der Waals surface area contributed by atoms with Crippen LogP contribution in [0, 0.1) is 18.4 Å². The van der Waals surface area contributed by atoms with Crippen molar-refractivity contribution in [2.24, 2.45) is 4.40 Å². The summed E-state index contributed by atoms with van der Waals surface area (Å²) in [5.41, 5.74) is 3.83. The van der Waals surface area contributed by atoms with Crippen LogP contribution in [0.5, 0.6) is 0 Å². The number of nitrogens with one attached hydrogen (secondary N) is 2. The number of nitriles is 1. The molecular formula is C14H19N5O2S. The Bertz CT molecular complexity index is 670. The molecule has 0 atom stereocenters. The van der Waals surface area contributed by atoms with E-state index < -0.39 is 10.0 Å². The molecule has 0 aliphatic carbocycles. The van der Waals surface area contributed by atoms with Crippen LogP contribution in [0.25, 0.3) is 0 Å². The summed E-state index contributed by atoms with van der Waals surface area (Å²) in [6, 6.07) is 6.41. The molecule has 0 spiro atoms. The second-order valence-electron chi connectivity index (χ2n) is 5.12. The zero-order valence-corrected chi connectivity index (χ0v) is 13.2. The first-order valence-corrected chi connectivity index (χ1v) is 8.53. The first-order chi connectivity index (χ1) is 10.5. The maximum Gasteiger partial charge on any atom is 0.285 e. The molecule has 0 bridgehead atoms. The Balaban J connectivity index is 2.20. The number of benzene rings is 1. The van der Waals surface area contributed by atoms with Crippen LogP contribution in [0.15, 0.2) is 33.6 Å². The first-order valence-electron chi connectivity index (χ1n) is 7.09. The molecule has 2 rings (SSSR count). The Morgan fingerprint density at radius 1 is 1.23 bits per heavy atom. The molecule has 0 radical (unpaired) electrons. The van der Waals surface area contributed by atoms with Crippen molar-refractivity contribution in [2.45, 2.75) is 31.1 Å². The molecule has 118 valence electrons. The average Bonchev–Trinajstić information content (AvgIpc) is 2.48. The van der Waals surface area contributed by atoms with Crippen molar-refractivity contribution in [3.8, 4) is 6.19 Å².